The molecule has 23 heavy (non-hydrogen) atoms. The first kappa shape index (κ1) is 16.4. The summed E-state index contributed by atoms with van der Waals surface area (Å²) in [6, 6.07) is 10.5. The third-order valence-electron chi connectivity index (χ3n) is 2.95. The molecule has 3 N–H and O–H groups in total. The SMILES string of the molecule is CC(C)Oc1cccc(C(=O)Nc2ccc(O)c(C(=O)O)c2)c1. The molecule has 0 saturated heterocycles. The number of carbonyl (C=O) groups excluding carboxylic acids is 1. The monoisotopic (exact) mass is 315 g/mol. The summed E-state index contributed by atoms with van der Waals surface area (Å²) in [5.74, 6) is -1.46. The summed E-state index contributed by atoms with van der Waals surface area (Å²) in [6.07, 6.45) is -0.0106. The number of phenols is 1. The van der Waals surface area contributed by atoms with Gasteiger partial charge in [-0.1, -0.05) is 6.07 Å². The van der Waals surface area contributed by atoms with E-state index < -0.39 is 11.9 Å². The number of carbonyl (C=O) groups is 2. The number of benzene rings is 2. The second-order valence-corrected chi connectivity index (χ2v) is 5.19. The van der Waals surface area contributed by atoms with Crippen LogP contribution >= 0.6 is 0 Å². The topological polar surface area (TPSA) is 95.9 Å². The van der Waals surface area contributed by atoms with Gasteiger partial charge in [-0.2, -0.15) is 0 Å². The van der Waals surface area contributed by atoms with Crippen molar-refractivity contribution in [1.82, 2.24) is 0 Å². The van der Waals surface area contributed by atoms with Gasteiger partial charge in [0.25, 0.3) is 5.91 Å². The predicted octanol–water partition coefficient (Wildman–Crippen LogP) is 3.13. The van der Waals surface area contributed by atoms with Crippen molar-refractivity contribution < 1.29 is 24.5 Å². The fourth-order valence-corrected chi connectivity index (χ4v) is 1.97. The number of aromatic carboxylic acids is 1. The molecule has 0 saturated carbocycles. The van der Waals surface area contributed by atoms with Crippen molar-refractivity contribution in [2.75, 3.05) is 5.32 Å². The van der Waals surface area contributed by atoms with E-state index in [1.54, 1.807) is 24.3 Å². The van der Waals surface area contributed by atoms with E-state index in [2.05, 4.69) is 5.32 Å². The molecule has 6 nitrogen and oxygen atoms in total. The zero-order valence-electron chi connectivity index (χ0n) is 12.7. The molecule has 0 aliphatic carbocycles. The Morgan fingerprint density at radius 3 is 2.52 bits per heavy atom. The van der Waals surface area contributed by atoms with Crippen LogP contribution in [0.4, 0.5) is 5.69 Å². The van der Waals surface area contributed by atoms with Gasteiger partial charge >= 0.3 is 5.97 Å². The Balaban J connectivity index is 2.19. The number of anilines is 1. The molecule has 2 aromatic rings. The Labute approximate surface area is 133 Å². The molecule has 0 aliphatic rings. The van der Waals surface area contributed by atoms with Crippen LogP contribution in [0.25, 0.3) is 0 Å². The first-order valence-electron chi connectivity index (χ1n) is 7.01. The molecule has 0 atom stereocenters. The van der Waals surface area contributed by atoms with Crippen LogP contribution < -0.4 is 10.1 Å². The molecule has 0 heterocycles. The van der Waals surface area contributed by atoms with E-state index in [0.29, 0.717) is 11.3 Å². The molecule has 120 valence electrons. The lowest BCUT2D eigenvalue weighted by atomic mass is 10.1. The van der Waals surface area contributed by atoms with E-state index in [4.69, 9.17) is 9.84 Å². The summed E-state index contributed by atoms with van der Waals surface area (Å²) in [4.78, 5) is 23.2. The largest absolute Gasteiger partial charge is 0.507 e. The van der Waals surface area contributed by atoms with Crippen LogP contribution in [-0.4, -0.2) is 28.2 Å². The highest BCUT2D eigenvalue weighted by atomic mass is 16.5. The van der Waals surface area contributed by atoms with Crippen molar-refractivity contribution in [3.8, 4) is 11.5 Å². The maximum absolute atomic E-state index is 12.2. The molecule has 0 aliphatic heterocycles. The molecular formula is C17H17NO5. The van der Waals surface area contributed by atoms with Gasteiger partial charge in [-0.15, -0.1) is 0 Å². The van der Waals surface area contributed by atoms with Crippen LogP contribution in [0, 0.1) is 0 Å². The number of rotatable bonds is 5. The summed E-state index contributed by atoms with van der Waals surface area (Å²) < 4.78 is 5.53. The molecule has 0 bridgehead atoms. The first-order chi connectivity index (χ1) is 10.9. The summed E-state index contributed by atoms with van der Waals surface area (Å²) in [7, 11) is 0. The maximum atomic E-state index is 12.2. The van der Waals surface area contributed by atoms with Gasteiger partial charge in [0.15, 0.2) is 0 Å². The Morgan fingerprint density at radius 2 is 1.87 bits per heavy atom. The lowest BCUT2D eigenvalue weighted by molar-refractivity contribution is 0.0693. The van der Waals surface area contributed by atoms with E-state index in [1.807, 2.05) is 13.8 Å². The lowest BCUT2D eigenvalue weighted by Crippen LogP contribution is -2.13. The smallest absolute Gasteiger partial charge is 0.339 e. The highest BCUT2D eigenvalue weighted by Gasteiger charge is 2.13. The Morgan fingerprint density at radius 1 is 1.13 bits per heavy atom. The maximum Gasteiger partial charge on any atom is 0.339 e. The fourth-order valence-electron chi connectivity index (χ4n) is 1.97. The van der Waals surface area contributed by atoms with Crippen LogP contribution in [0.3, 0.4) is 0 Å². The Bertz CT molecular complexity index is 740. The van der Waals surface area contributed by atoms with Gasteiger partial charge < -0.3 is 20.3 Å². The second-order valence-electron chi connectivity index (χ2n) is 5.19. The van der Waals surface area contributed by atoms with E-state index in [1.165, 1.54) is 18.2 Å². The zero-order valence-corrected chi connectivity index (χ0v) is 12.7. The highest BCUT2D eigenvalue weighted by Crippen LogP contribution is 2.22. The van der Waals surface area contributed by atoms with Crippen molar-refractivity contribution >= 4 is 17.6 Å². The summed E-state index contributed by atoms with van der Waals surface area (Å²) in [5, 5.41) is 21.0. The minimum atomic E-state index is -1.27. The average Bonchev–Trinajstić information content (AvgIpc) is 2.48. The number of aromatic hydroxyl groups is 1. The fraction of sp³-hybridized carbons (Fsp3) is 0.176. The number of amides is 1. The predicted molar refractivity (Wildman–Crippen MR) is 85.2 cm³/mol. The molecule has 0 spiro atoms. The number of hydrogen-bond acceptors (Lipinski definition) is 4. The van der Waals surface area contributed by atoms with E-state index in [0.717, 1.165) is 0 Å². The Kier molecular flexibility index (Phi) is 4.85. The van der Waals surface area contributed by atoms with Gasteiger partial charge in [0.1, 0.15) is 17.1 Å². The standard InChI is InChI=1S/C17H17NO5/c1-10(2)23-13-5-3-4-11(8-13)16(20)18-12-6-7-15(19)14(9-12)17(21)22/h3-10,19H,1-2H3,(H,18,20)(H,21,22). The van der Waals surface area contributed by atoms with Crippen LogP contribution in [0.15, 0.2) is 42.5 Å². The third kappa shape index (κ3) is 4.23. The Hall–Kier alpha value is -3.02. The van der Waals surface area contributed by atoms with Gasteiger partial charge in [0.2, 0.25) is 0 Å². The van der Waals surface area contributed by atoms with Crippen molar-refractivity contribution in [3.63, 3.8) is 0 Å². The van der Waals surface area contributed by atoms with Crippen molar-refractivity contribution in [3.05, 3.63) is 53.6 Å². The van der Waals surface area contributed by atoms with Gasteiger partial charge in [-0.05, 0) is 50.2 Å². The summed E-state index contributed by atoms with van der Waals surface area (Å²) in [5.41, 5.74) is 0.383. The van der Waals surface area contributed by atoms with Crippen molar-refractivity contribution in [1.29, 1.82) is 0 Å². The van der Waals surface area contributed by atoms with E-state index in [-0.39, 0.29) is 23.1 Å². The molecule has 2 rings (SSSR count). The van der Waals surface area contributed by atoms with Crippen LogP contribution in [0.5, 0.6) is 11.5 Å². The number of carboxylic acid groups (broad SMARTS) is 1. The molecule has 0 fully saturated rings. The zero-order chi connectivity index (χ0) is 17.0. The molecule has 0 unspecified atom stereocenters. The van der Waals surface area contributed by atoms with Crippen molar-refractivity contribution in [2.24, 2.45) is 0 Å². The molecular weight excluding hydrogens is 298 g/mol. The van der Waals surface area contributed by atoms with Crippen LogP contribution in [-0.2, 0) is 0 Å². The summed E-state index contributed by atoms with van der Waals surface area (Å²) in [6.45, 7) is 3.77. The van der Waals surface area contributed by atoms with E-state index >= 15 is 0 Å². The lowest BCUT2D eigenvalue weighted by Gasteiger charge is -2.11. The van der Waals surface area contributed by atoms with Crippen LogP contribution in [0.2, 0.25) is 0 Å². The second kappa shape index (κ2) is 6.83. The minimum absolute atomic E-state index is 0.0106. The van der Waals surface area contributed by atoms with Gasteiger partial charge in [-0.3, -0.25) is 4.79 Å². The van der Waals surface area contributed by atoms with E-state index in [9.17, 15) is 14.7 Å². The van der Waals surface area contributed by atoms with Crippen LogP contribution in [0.1, 0.15) is 34.6 Å². The number of ether oxygens (including phenoxy) is 1. The number of hydrogen-bond donors (Lipinski definition) is 3. The molecule has 1 amide bonds. The number of carboxylic acids is 1. The third-order valence-corrected chi connectivity index (χ3v) is 2.95. The molecule has 2 aromatic carbocycles. The van der Waals surface area contributed by atoms with Gasteiger partial charge in [0, 0.05) is 11.3 Å². The summed E-state index contributed by atoms with van der Waals surface area (Å²) >= 11 is 0. The minimum Gasteiger partial charge on any atom is -0.507 e. The quantitative estimate of drug-likeness (QED) is 0.737. The van der Waals surface area contributed by atoms with Crippen molar-refractivity contribution in [2.45, 2.75) is 20.0 Å². The molecule has 0 aromatic heterocycles. The van der Waals surface area contributed by atoms with Gasteiger partial charge in [0.05, 0.1) is 6.10 Å². The average molecular weight is 315 g/mol. The molecule has 0 radical (unpaired) electrons. The van der Waals surface area contributed by atoms with Gasteiger partial charge in [-0.25, -0.2) is 4.79 Å². The number of nitrogens with one attached hydrogen (secondary N) is 1. The first-order valence-corrected chi connectivity index (χ1v) is 7.01. The normalized spacial score (nSPS) is 10.4. The highest BCUT2D eigenvalue weighted by molar-refractivity contribution is 6.05. The molecule has 6 heteroatoms.